The topological polar surface area (TPSA) is 99.5 Å². The third-order valence-corrected chi connectivity index (χ3v) is 6.09. The highest BCUT2D eigenvalue weighted by Gasteiger charge is 2.35. The molecule has 0 atom stereocenters. The lowest BCUT2D eigenvalue weighted by Crippen LogP contribution is -2.10. The van der Waals surface area contributed by atoms with Crippen LogP contribution in [0.5, 0.6) is 5.88 Å². The van der Waals surface area contributed by atoms with Crippen molar-refractivity contribution < 1.29 is 22.3 Å². The number of halogens is 4. The Morgan fingerprint density at radius 2 is 1.82 bits per heavy atom. The van der Waals surface area contributed by atoms with Crippen LogP contribution < -0.4 is 10.1 Å². The summed E-state index contributed by atoms with van der Waals surface area (Å²) in [7, 11) is 1.11. The van der Waals surface area contributed by atoms with Gasteiger partial charge >= 0.3 is 6.18 Å². The van der Waals surface area contributed by atoms with Crippen LogP contribution in [0.3, 0.4) is 0 Å². The Kier molecular flexibility index (Phi) is 6.92. The molecule has 7 nitrogen and oxygen atoms in total. The van der Waals surface area contributed by atoms with Crippen LogP contribution >= 0.6 is 0 Å². The first-order valence-corrected chi connectivity index (χ1v) is 11.8. The minimum Gasteiger partial charge on any atom is -0.481 e. The van der Waals surface area contributed by atoms with Gasteiger partial charge in [0.2, 0.25) is 5.88 Å². The van der Waals surface area contributed by atoms with Crippen molar-refractivity contribution >= 4 is 16.7 Å². The quantitative estimate of drug-likeness (QED) is 0.217. The van der Waals surface area contributed by atoms with E-state index in [1.165, 1.54) is 12.3 Å². The number of nitrogens with zero attached hydrogens (tertiary/aromatic N) is 4. The summed E-state index contributed by atoms with van der Waals surface area (Å²) in [5, 5.41) is 12.5. The molecule has 200 valence electrons. The summed E-state index contributed by atoms with van der Waals surface area (Å²) in [4.78, 5) is 15.4. The van der Waals surface area contributed by atoms with E-state index >= 15 is 4.39 Å². The van der Waals surface area contributed by atoms with Crippen LogP contribution in [0.2, 0.25) is 0 Å². The van der Waals surface area contributed by atoms with Gasteiger partial charge in [0.25, 0.3) is 0 Å². The van der Waals surface area contributed by atoms with Crippen molar-refractivity contribution in [2.45, 2.75) is 12.6 Å². The molecule has 0 bridgehead atoms. The smallest absolute Gasteiger partial charge is 0.421 e. The second-order valence-electron chi connectivity index (χ2n) is 8.89. The van der Waals surface area contributed by atoms with Gasteiger partial charge in [0.15, 0.2) is 0 Å². The van der Waals surface area contributed by atoms with E-state index < -0.39 is 23.4 Å². The van der Waals surface area contributed by atoms with Gasteiger partial charge in [-0.2, -0.15) is 18.4 Å². The van der Waals surface area contributed by atoms with Gasteiger partial charge in [0.1, 0.15) is 28.8 Å². The van der Waals surface area contributed by atoms with Crippen LogP contribution in [0.1, 0.15) is 16.8 Å². The summed E-state index contributed by atoms with van der Waals surface area (Å²) in [6.07, 6.45) is -0.117. The molecule has 4 aromatic heterocycles. The fourth-order valence-electron chi connectivity index (χ4n) is 4.22. The van der Waals surface area contributed by atoms with E-state index in [1.807, 2.05) is 18.2 Å². The van der Waals surface area contributed by atoms with Gasteiger partial charge in [-0.25, -0.2) is 19.3 Å². The predicted molar refractivity (Wildman–Crippen MR) is 142 cm³/mol. The third-order valence-electron chi connectivity index (χ3n) is 6.09. The molecule has 0 fully saturated rings. The molecule has 11 heteroatoms. The first-order valence-electron chi connectivity index (χ1n) is 11.8. The van der Waals surface area contributed by atoms with Crippen LogP contribution in [0.25, 0.3) is 33.4 Å². The van der Waals surface area contributed by atoms with Gasteiger partial charge in [0, 0.05) is 52.3 Å². The Labute approximate surface area is 225 Å². The summed E-state index contributed by atoms with van der Waals surface area (Å²) in [5.74, 6) is -1.01. The summed E-state index contributed by atoms with van der Waals surface area (Å²) >= 11 is 0. The van der Waals surface area contributed by atoms with Gasteiger partial charge < -0.3 is 15.0 Å². The molecule has 0 saturated heterocycles. The molecule has 5 rings (SSSR count). The molecule has 5 aromatic rings. The molecule has 2 N–H and O–H groups in total. The van der Waals surface area contributed by atoms with Gasteiger partial charge in [-0.1, -0.05) is 18.7 Å². The number of hydrogen-bond acceptors (Lipinski definition) is 6. The minimum atomic E-state index is -4.64. The molecule has 4 heterocycles. The fourth-order valence-corrected chi connectivity index (χ4v) is 4.22. The van der Waals surface area contributed by atoms with Gasteiger partial charge in [-0.3, -0.25) is 0 Å². The molecule has 0 aliphatic rings. The molecule has 0 aliphatic heterocycles. The van der Waals surface area contributed by atoms with Crippen molar-refractivity contribution in [2.75, 3.05) is 12.4 Å². The maximum atomic E-state index is 15.2. The lowest BCUT2D eigenvalue weighted by Gasteiger charge is -2.15. The number of aromatic amines is 1. The number of H-pyrrole nitrogens is 1. The first kappa shape index (κ1) is 26.4. The van der Waals surface area contributed by atoms with E-state index in [4.69, 9.17) is 10.00 Å². The Balaban J connectivity index is 1.32. The number of fused-ring (bicyclic) bond motifs is 1. The molecule has 0 saturated carbocycles. The van der Waals surface area contributed by atoms with Crippen molar-refractivity contribution in [3.8, 4) is 34.3 Å². The Hall–Kier alpha value is -5.24. The molecule has 0 radical (unpaired) electrons. The SMILES string of the molecule is C=C(Cc1ccc(-c2cnc3[nH]c(-c4ccc(C#N)nc4)cc3c2)c(F)c1)Nc1cnc(OC)c(C(F)(F)F)c1. The average molecular weight is 545 g/mol. The van der Waals surface area contributed by atoms with E-state index in [9.17, 15) is 13.2 Å². The van der Waals surface area contributed by atoms with E-state index in [-0.39, 0.29) is 12.1 Å². The highest BCUT2D eigenvalue weighted by Crippen LogP contribution is 2.36. The van der Waals surface area contributed by atoms with Crippen LogP contribution in [-0.2, 0) is 12.6 Å². The molecule has 0 amide bonds. The maximum absolute atomic E-state index is 15.2. The number of nitriles is 1. The monoisotopic (exact) mass is 544 g/mol. The molecular formula is C29H20F4N6O. The summed E-state index contributed by atoms with van der Waals surface area (Å²) in [6, 6.07) is 14.6. The number of methoxy groups -OCH3 is 1. The Bertz CT molecular complexity index is 1770. The van der Waals surface area contributed by atoms with Gasteiger partial charge in [0.05, 0.1) is 19.0 Å². The van der Waals surface area contributed by atoms with Crippen LogP contribution in [0.15, 0.2) is 79.4 Å². The van der Waals surface area contributed by atoms with Crippen molar-refractivity contribution in [3.63, 3.8) is 0 Å². The number of pyridine rings is 3. The molecule has 0 spiro atoms. The van der Waals surface area contributed by atoms with Crippen molar-refractivity contribution in [2.24, 2.45) is 0 Å². The fraction of sp³-hybridized carbons (Fsp3) is 0.103. The lowest BCUT2D eigenvalue weighted by atomic mass is 10.0. The molecule has 1 aromatic carbocycles. The molecular weight excluding hydrogens is 524 g/mol. The average Bonchev–Trinajstić information content (AvgIpc) is 3.36. The number of ether oxygens (including phenoxy) is 1. The standard InChI is InChI=1S/C29H20F4N6O/c1-16(38-22-11-24(29(31,32)33)28(40-2)37-15-22)7-17-3-6-23(25(30)8-17)20-9-19-10-26(39-27(19)36-14-20)18-4-5-21(12-34)35-13-18/h3-6,8-11,13-15,38H,1,7H2,2H3,(H,36,39). The minimum absolute atomic E-state index is 0.0808. The Morgan fingerprint density at radius 3 is 2.50 bits per heavy atom. The highest BCUT2D eigenvalue weighted by atomic mass is 19.4. The van der Waals surface area contributed by atoms with E-state index in [0.717, 1.165) is 29.8 Å². The van der Waals surface area contributed by atoms with E-state index in [1.54, 1.807) is 36.7 Å². The zero-order valence-corrected chi connectivity index (χ0v) is 21.0. The third kappa shape index (κ3) is 5.47. The lowest BCUT2D eigenvalue weighted by molar-refractivity contribution is -0.139. The second-order valence-corrected chi connectivity index (χ2v) is 8.89. The van der Waals surface area contributed by atoms with Crippen LogP contribution in [0, 0.1) is 17.1 Å². The predicted octanol–water partition coefficient (Wildman–Crippen LogP) is 6.89. The van der Waals surface area contributed by atoms with Crippen LogP contribution in [-0.4, -0.2) is 27.0 Å². The molecule has 40 heavy (non-hydrogen) atoms. The number of aromatic nitrogens is 4. The number of nitrogens with one attached hydrogen (secondary N) is 2. The molecule has 0 unspecified atom stereocenters. The number of allylic oxidation sites excluding steroid dienone is 1. The Morgan fingerprint density at radius 1 is 1.02 bits per heavy atom. The van der Waals surface area contributed by atoms with Crippen LogP contribution in [0.4, 0.5) is 23.2 Å². The zero-order valence-electron chi connectivity index (χ0n) is 21.0. The largest absolute Gasteiger partial charge is 0.481 e. The first-order chi connectivity index (χ1) is 19.1. The maximum Gasteiger partial charge on any atom is 0.421 e. The number of anilines is 1. The summed E-state index contributed by atoms with van der Waals surface area (Å²) < 4.78 is 59.7. The second kappa shape index (κ2) is 10.5. The van der Waals surface area contributed by atoms with Gasteiger partial charge in [-0.15, -0.1) is 0 Å². The summed E-state index contributed by atoms with van der Waals surface area (Å²) in [5.41, 5.74) is 3.37. The van der Waals surface area contributed by atoms with Gasteiger partial charge in [-0.05, 0) is 42.0 Å². The normalized spacial score (nSPS) is 11.3. The zero-order chi connectivity index (χ0) is 28.4. The number of alkyl halides is 3. The summed E-state index contributed by atoms with van der Waals surface area (Å²) in [6.45, 7) is 3.85. The van der Waals surface area contributed by atoms with Crippen molar-refractivity contribution in [3.05, 3.63) is 102 Å². The van der Waals surface area contributed by atoms with E-state index in [0.29, 0.717) is 33.7 Å². The molecule has 0 aliphatic carbocycles. The van der Waals surface area contributed by atoms with Crippen molar-refractivity contribution in [1.82, 2.24) is 19.9 Å². The highest BCUT2D eigenvalue weighted by molar-refractivity contribution is 5.86. The van der Waals surface area contributed by atoms with E-state index in [2.05, 4.69) is 31.8 Å². The number of rotatable bonds is 7. The number of benzene rings is 1. The van der Waals surface area contributed by atoms with Crippen molar-refractivity contribution in [1.29, 1.82) is 5.26 Å². The number of hydrogen-bond donors (Lipinski definition) is 2.